The molecule has 1 aromatic carbocycles. The van der Waals surface area contributed by atoms with Crippen LogP contribution in [0.5, 0.6) is 0 Å². The molecule has 0 unspecified atom stereocenters. The van der Waals surface area contributed by atoms with Crippen molar-refractivity contribution in [3.63, 3.8) is 0 Å². The van der Waals surface area contributed by atoms with E-state index in [0.29, 0.717) is 0 Å². The lowest BCUT2D eigenvalue weighted by Gasteiger charge is -2.19. The second kappa shape index (κ2) is 6.82. The number of pyridine rings is 1. The summed E-state index contributed by atoms with van der Waals surface area (Å²) < 4.78 is 5.68. The van der Waals surface area contributed by atoms with Gasteiger partial charge in [0.25, 0.3) is 0 Å². The van der Waals surface area contributed by atoms with Gasteiger partial charge < -0.3 is 10.1 Å². The summed E-state index contributed by atoms with van der Waals surface area (Å²) in [6, 6.07) is 10.5. The highest BCUT2D eigenvalue weighted by atomic mass is 16.5. The second-order valence-corrected chi connectivity index (χ2v) is 5.95. The van der Waals surface area contributed by atoms with E-state index < -0.39 is 0 Å². The number of nitrogens with zero attached hydrogens (tertiary/aromatic N) is 1. The highest BCUT2D eigenvalue weighted by Gasteiger charge is 2.08. The molecule has 2 aromatic rings. The van der Waals surface area contributed by atoms with Crippen LogP contribution in [0.15, 0.2) is 36.5 Å². The van der Waals surface area contributed by atoms with Crippen molar-refractivity contribution >= 4 is 10.9 Å². The average molecular weight is 272 g/mol. The monoisotopic (exact) mass is 272 g/mol. The molecular weight excluding hydrogens is 248 g/mol. The molecule has 0 radical (unpaired) electrons. The topological polar surface area (TPSA) is 34.1 Å². The van der Waals surface area contributed by atoms with Crippen molar-refractivity contribution in [3.8, 4) is 0 Å². The Balaban J connectivity index is 1.79. The van der Waals surface area contributed by atoms with Gasteiger partial charge in [-0.15, -0.1) is 0 Å². The molecule has 20 heavy (non-hydrogen) atoms. The summed E-state index contributed by atoms with van der Waals surface area (Å²) >= 11 is 0. The van der Waals surface area contributed by atoms with Crippen molar-refractivity contribution in [1.82, 2.24) is 10.3 Å². The van der Waals surface area contributed by atoms with E-state index in [1.165, 1.54) is 10.9 Å². The number of hydrogen-bond donors (Lipinski definition) is 1. The minimum Gasteiger partial charge on any atom is -0.375 e. The van der Waals surface area contributed by atoms with Crippen LogP contribution in [0.4, 0.5) is 0 Å². The quantitative estimate of drug-likeness (QED) is 0.820. The highest BCUT2D eigenvalue weighted by molar-refractivity contribution is 5.81. The molecule has 3 heteroatoms. The molecule has 0 saturated carbocycles. The molecule has 0 spiro atoms. The molecule has 108 valence electrons. The Morgan fingerprint density at radius 3 is 2.70 bits per heavy atom. The lowest BCUT2D eigenvalue weighted by atomic mass is 10.1. The molecular formula is C17H24N2O. The van der Waals surface area contributed by atoms with Gasteiger partial charge in [-0.2, -0.15) is 0 Å². The SMILES string of the molecule is CC(C)(C)OCCNCCc1cccc2cccnc12. The maximum absolute atomic E-state index is 5.68. The van der Waals surface area contributed by atoms with Crippen LogP contribution in [0.2, 0.25) is 0 Å². The minimum absolute atomic E-state index is 0.0543. The van der Waals surface area contributed by atoms with Crippen LogP contribution in [-0.4, -0.2) is 30.3 Å². The minimum atomic E-state index is -0.0543. The van der Waals surface area contributed by atoms with Crippen molar-refractivity contribution in [2.45, 2.75) is 32.8 Å². The number of rotatable bonds is 6. The first kappa shape index (κ1) is 14.9. The molecule has 0 bridgehead atoms. The summed E-state index contributed by atoms with van der Waals surface area (Å²) in [7, 11) is 0. The van der Waals surface area contributed by atoms with Gasteiger partial charge in [0.1, 0.15) is 0 Å². The van der Waals surface area contributed by atoms with Gasteiger partial charge >= 0.3 is 0 Å². The predicted molar refractivity (Wildman–Crippen MR) is 84.0 cm³/mol. The van der Waals surface area contributed by atoms with Gasteiger partial charge in [-0.3, -0.25) is 4.98 Å². The van der Waals surface area contributed by atoms with E-state index in [2.05, 4.69) is 55.3 Å². The molecule has 1 heterocycles. The van der Waals surface area contributed by atoms with Gasteiger partial charge in [0.2, 0.25) is 0 Å². The van der Waals surface area contributed by atoms with Crippen molar-refractivity contribution in [3.05, 3.63) is 42.1 Å². The van der Waals surface area contributed by atoms with E-state index in [1.807, 2.05) is 12.3 Å². The third-order valence-electron chi connectivity index (χ3n) is 3.10. The van der Waals surface area contributed by atoms with E-state index in [9.17, 15) is 0 Å². The number of hydrogen-bond acceptors (Lipinski definition) is 3. The molecule has 1 aromatic heterocycles. The Morgan fingerprint density at radius 2 is 1.90 bits per heavy atom. The van der Waals surface area contributed by atoms with Crippen LogP contribution in [0.3, 0.4) is 0 Å². The van der Waals surface area contributed by atoms with Crippen LogP contribution in [0.25, 0.3) is 10.9 Å². The maximum atomic E-state index is 5.68. The normalized spacial score (nSPS) is 11.9. The van der Waals surface area contributed by atoms with E-state index in [4.69, 9.17) is 4.74 Å². The summed E-state index contributed by atoms with van der Waals surface area (Å²) in [6.07, 6.45) is 2.85. The molecule has 1 N–H and O–H groups in total. The van der Waals surface area contributed by atoms with Crippen molar-refractivity contribution < 1.29 is 4.74 Å². The smallest absolute Gasteiger partial charge is 0.0734 e. The Labute approximate surface area is 121 Å². The average Bonchev–Trinajstić information content (AvgIpc) is 2.41. The van der Waals surface area contributed by atoms with Crippen molar-refractivity contribution in [2.24, 2.45) is 0 Å². The Morgan fingerprint density at radius 1 is 1.10 bits per heavy atom. The molecule has 0 aliphatic carbocycles. The molecule has 0 aliphatic rings. The number of para-hydroxylation sites is 1. The number of aromatic nitrogens is 1. The molecule has 0 saturated heterocycles. The van der Waals surface area contributed by atoms with Crippen LogP contribution in [0.1, 0.15) is 26.3 Å². The fraction of sp³-hybridized carbons (Fsp3) is 0.471. The first-order valence-electron chi connectivity index (χ1n) is 7.23. The van der Waals surface area contributed by atoms with Gasteiger partial charge in [-0.05, 0) is 45.4 Å². The van der Waals surface area contributed by atoms with Crippen molar-refractivity contribution in [1.29, 1.82) is 0 Å². The molecule has 0 aliphatic heterocycles. The van der Waals surface area contributed by atoms with Gasteiger partial charge in [0, 0.05) is 18.1 Å². The molecule has 0 amide bonds. The Hall–Kier alpha value is -1.45. The van der Waals surface area contributed by atoms with Crippen LogP contribution in [-0.2, 0) is 11.2 Å². The summed E-state index contributed by atoms with van der Waals surface area (Å²) in [5.41, 5.74) is 2.36. The number of fused-ring (bicyclic) bond motifs is 1. The standard InChI is InChI=1S/C17H24N2O/c1-17(2,3)20-13-12-18-11-9-15-7-4-6-14-8-5-10-19-16(14)15/h4-8,10,18H,9,11-13H2,1-3H3. The zero-order valence-corrected chi connectivity index (χ0v) is 12.6. The van der Waals surface area contributed by atoms with Gasteiger partial charge in [0.15, 0.2) is 0 Å². The second-order valence-electron chi connectivity index (χ2n) is 5.95. The summed E-state index contributed by atoms with van der Waals surface area (Å²) in [5, 5.41) is 4.63. The van der Waals surface area contributed by atoms with E-state index >= 15 is 0 Å². The van der Waals surface area contributed by atoms with Crippen LogP contribution < -0.4 is 5.32 Å². The molecule has 3 nitrogen and oxygen atoms in total. The summed E-state index contributed by atoms with van der Waals surface area (Å²) in [4.78, 5) is 4.48. The maximum Gasteiger partial charge on any atom is 0.0734 e. The first-order valence-corrected chi connectivity index (χ1v) is 7.23. The molecule has 0 atom stereocenters. The van der Waals surface area contributed by atoms with E-state index in [-0.39, 0.29) is 5.60 Å². The molecule has 2 rings (SSSR count). The summed E-state index contributed by atoms with van der Waals surface area (Å²) in [5.74, 6) is 0. The van der Waals surface area contributed by atoms with Crippen LogP contribution in [0, 0.1) is 0 Å². The number of nitrogens with one attached hydrogen (secondary N) is 1. The number of ether oxygens (including phenoxy) is 1. The highest BCUT2D eigenvalue weighted by Crippen LogP contribution is 2.15. The molecule has 0 fully saturated rings. The zero-order chi connectivity index (χ0) is 14.4. The zero-order valence-electron chi connectivity index (χ0n) is 12.6. The number of benzene rings is 1. The fourth-order valence-electron chi connectivity index (χ4n) is 2.15. The lowest BCUT2D eigenvalue weighted by molar-refractivity contribution is -0.000708. The van der Waals surface area contributed by atoms with Gasteiger partial charge in [-0.25, -0.2) is 0 Å². The third-order valence-corrected chi connectivity index (χ3v) is 3.10. The Bertz CT molecular complexity index is 541. The van der Waals surface area contributed by atoms with E-state index in [1.54, 1.807) is 0 Å². The van der Waals surface area contributed by atoms with Crippen molar-refractivity contribution in [2.75, 3.05) is 19.7 Å². The Kier molecular flexibility index (Phi) is 5.10. The summed E-state index contributed by atoms with van der Waals surface area (Å²) in [6.45, 7) is 8.81. The first-order chi connectivity index (χ1) is 9.56. The van der Waals surface area contributed by atoms with Crippen LogP contribution >= 0.6 is 0 Å². The van der Waals surface area contributed by atoms with Gasteiger partial charge in [0.05, 0.1) is 17.7 Å². The van der Waals surface area contributed by atoms with E-state index in [0.717, 1.165) is 31.6 Å². The predicted octanol–water partition coefficient (Wildman–Crippen LogP) is 3.18. The lowest BCUT2D eigenvalue weighted by Crippen LogP contribution is -2.27. The largest absolute Gasteiger partial charge is 0.375 e. The van der Waals surface area contributed by atoms with Gasteiger partial charge in [-0.1, -0.05) is 24.3 Å². The third kappa shape index (κ3) is 4.58. The fourth-order valence-corrected chi connectivity index (χ4v) is 2.15.